The number of halogens is 6. The van der Waals surface area contributed by atoms with Crippen LogP contribution < -0.4 is 10.6 Å². The Bertz CT molecular complexity index is 1250. The van der Waals surface area contributed by atoms with Gasteiger partial charge >= 0.3 is 0 Å². The second-order valence-electron chi connectivity index (χ2n) is 9.14. The first-order valence-corrected chi connectivity index (χ1v) is 12.6. The summed E-state index contributed by atoms with van der Waals surface area (Å²) in [5, 5.41) is 6.16. The van der Waals surface area contributed by atoms with Gasteiger partial charge in [0.2, 0.25) is 5.91 Å². The minimum Gasteiger partial charge on any atom is -0.338 e. The molecule has 3 amide bonds. The van der Waals surface area contributed by atoms with Gasteiger partial charge in [0.05, 0.1) is 16.5 Å². The number of hydroxylamine groups is 2. The lowest BCUT2D eigenvalue weighted by molar-refractivity contribution is -0.180. The first-order valence-electron chi connectivity index (χ1n) is 11.1. The Morgan fingerprint density at radius 1 is 1.19 bits per heavy atom. The molecule has 0 bridgehead atoms. The Labute approximate surface area is 231 Å². The molecule has 1 saturated carbocycles. The van der Waals surface area contributed by atoms with Crippen LogP contribution in [0, 0.1) is 12.8 Å². The fraction of sp³-hybridized carbons (Fsp3) is 0.375. The van der Waals surface area contributed by atoms with E-state index in [-0.39, 0.29) is 22.9 Å². The average Bonchev–Trinajstić information content (AvgIpc) is 3.22. The van der Waals surface area contributed by atoms with Gasteiger partial charge in [0.15, 0.2) is 0 Å². The van der Waals surface area contributed by atoms with Gasteiger partial charge in [-0.15, -0.1) is 23.2 Å². The van der Waals surface area contributed by atoms with Crippen LogP contribution in [0.2, 0.25) is 10.0 Å². The topological polar surface area (TPSA) is 87.7 Å². The first kappa shape index (κ1) is 27.9. The lowest BCUT2D eigenvalue weighted by Crippen LogP contribution is -2.44. The molecule has 2 unspecified atom stereocenters. The predicted molar refractivity (Wildman–Crippen MR) is 136 cm³/mol. The van der Waals surface area contributed by atoms with Crippen molar-refractivity contribution in [2.24, 2.45) is 5.92 Å². The molecule has 7 nitrogen and oxygen atoms in total. The molecule has 1 aliphatic heterocycles. The van der Waals surface area contributed by atoms with Gasteiger partial charge in [0.25, 0.3) is 17.7 Å². The van der Waals surface area contributed by atoms with Gasteiger partial charge in [-0.3, -0.25) is 19.2 Å². The minimum atomic E-state index is -3.17. The molecule has 0 aromatic heterocycles. The third-order valence-corrected chi connectivity index (χ3v) is 7.39. The molecule has 198 valence electrons. The Morgan fingerprint density at radius 2 is 1.89 bits per heavy atom. The molecule has 3 atom stereocenters. The van der Waals surface area contributed by atoms with E-state index in [1.54, 1.807) is 12.1 Å². The first-order chi connectivity index (χ1) is 17.2. The molecule has 2 aromatic rings. The van der Waals surface area contributed by atoms with Gasteiger partial charge in [-0.2, -0.15) is 0 Å². The molecule has 2 aromatic carbocycles. The maximum Gasteiger partial charge on any atom is 0.271 e. The number of aryl methyl sites for hydroxylation is 1. The van der Waals surface area contributed by atoms with E-state index < -0.39 is 52.4 Å². The number of carbonyl (C=O) groups excluding carboxylic acids is 3. The molecule has 1 saturated heterocycles. The van der Waals surface area contributed by atoms with Gasteiger partial charge in [0, 0.05) is 23.6 Å². The van der Waals surface area contributed by atoms with Crippen LogP contribution in [-0.2, 0) is 14.4 Å². The third-order valence-electron chi connectivity index (χ3n) is 5.91. The van der Waals surface area contributed by atoms with Gasteiger partial charge < -0.3 is 10.6 Å². The molecule has 2 N–H and O–H groups in total. The maximum atomic E-state index is 13.2. The summed E-state index contributed by atoms with van der Waals surface area (Å²) in [7, 11) is 0. The van der Waals surface area contributed by atoms with Gasteiger partial charge in [-0.1, -0.05) is 29.3 Å². The molecule has 13 heteroatoms. The quantitative estimate of drug-likeness (QED) is 0.423. The summed E-state index contributed by atoms with van der Waals surface area (Å²) in [5.74, 6) is -6.48. The standard InChI is InChI=1S/C24H21Cl4F2N3O4/c1-11-5-12(7-13(25)6-11)18-19(24(18,27)28)21(35)31-14-3-4-16(26)15(8-14)20(34)32-17-9-37-33(22(17)36)10-23(2,29)30/h3-8,17-19H,9-10H2,1-2H3,(H,31,35)(H,32,34)/t17-,18?,19?/m1/s1. The molecule has 0 radical (unpaired) electrons. The molecule has 1 aliphatic carbocycles. The number of carbonyl (C=O) groups is 3. The molecule has 2 fully saturated rings. The number of alkyl halides is 4. The van der Waals surface area contributed by atoms with E-state index in [0.29, 0.717) is 17.0 Å². The van der Waals surface area contributed by atoms with Crippen molar-refractivity contribution in [2.75, 3.05) is 18.5 Å². The van der Waals surface area contributed by atoms with Crippen molar-refractivity contribution in [2.45, 2.75) is 36.1 Å². The summed E-state index contributed by atoms with van der Waals surface area (Å²) in [6.45, 7) is 1.25. The Hall–Kier alpha value is -2.17. The number of anilines is 1. The normalized spacial score (nSPS) is 22.6. The van der Waals surface area contributed by atoms with E-state index in [4.69, 9.17) is 51.2 Å². The molecular weight excluding hydrogens is 574 g/mol. The van der Waals surface area contributed by atoms with Crippen LogP contribution in [0.4, 0.5) is 14.5 Å². The highest BCUT2D eigenvalue weighted by Gasteiger charge is 2.67. The molecular formula is C24H21Cl4F2N3O4. The van der Waals surface area contributed by atoms with Crippen LogP contribution in [0.1, 0.15) is 34.3 Å². The van der Waals surface area contributed by atoms with Crippen molar-refractivity contribution >= 4 is 69.8 Å². The summed E-state index contributed by atoms with van der Waals surface area (Å²) in [6.07, 6.45) is 0. The Balaban J connectivity index is 1.44. The van der Waals surface area contributed by atoms with E-state index in [2.05, 4.69) is 10.6 Å². The smallest absolute Gasteiger partial charge is 0.271 e. The monoisotopic (exact) mass is 593 g/mol. The number of benzene rings is 2. The van der Waals surface area contributed by atoms with Crippen LogP contribution in [0.15, 0.2) is 36.4 Å². The summed E-state index contributed by atoms with van der Waals surface area (Å²) in [4.78, 5) is 43.1. The van der Waals surface area contributed by atoms with E-state index in [1.807, 2.05) is 13.0 Å². The maximum absolute atomic E-state index is 13.2. The van der Waals surface area contributed by atoms with E-state index >= 15 is 0 Å². The minimum absolute atomic E-state index is 0.0431. The van der Waals surface area contributed by atoms with Gasteiger partial charge in [0.1, 0.15) is 23.5 Å². The van der Waals surface area contributed by atoms with Crippen molar-refractivity contribution in [3.63, 3.8) is 0 Å². The zero-order valence-electron chi connectivity index (χ0n) is 19.5. The molecule has 2 aliphatic rings. The molecule has 4 rings (SSSR count). The number of hydrogen-bond acceptors (Lipinski definition) is 4. The van der Waals surface area contributed by atoms with Crippen molar-refractivity contribution in [1.29, 1.82) is 0 Å². The highest BCUT2D eigenvalue weighted by atomic mass is 35.5. The van der Waals surface area contributed by atoms with E-state index in [0.717, 1.165) is 11.1 Å². The molecule has 0 spiro atoms. The van der Waals surface area contributed by atoms with Crippen LogP contribution in [0.25, 0.3) is 0 Å². The lowest BCUT2D eigenvalue weighted by Gasteiger charge is -2.18. The lowest BCUT2D eigenvalue weighted by atomic mass is 10.1. The predicted octanol–water partition coefficient (Wildman–Crippen LogP) is 5.36. The van der Waals surface area contributed by atoms with Gasteiger partial charge in [-0.25, -0.2) is 13.8 Å². The largest absolute Gasteiger partial charge is 0.338 e. The summed E-state index contributed by atoms with van der Waals surface area (Å²) < 4.78 is 25.1. The zero-order valence-corrected chi connectivity index (χ0v) is 22.5. The van der Waals surface area contributed by atoms with Crippen LogP contribution in [-0.4, -0.2) is 52.2 Å². The molecule has 1 heterocycles. The summed E-state index contributed by atoms with van der Waals surface area (Å²) in [6, 6.07) is 8.34. The highest BCUT2D eigenvalue weighted by molar-refractivity contribution is 6.53. The summed E-state index contributed by atoms with van der Waals surface area (Å²) >= 11 is 25.1. The number of nitrogens with zero attached hydrogens (tertiary/aromatic N) is 1. The van der Waals surface area contributed by atoms with Gasteiger partial charge in [-0.05, 0) is 48.4 Å². The van der Waals surface area contributed by atoms with Crippen molar-refractivity contribution < 1.29 is 28.0 Å². The fourth-order valence-electron chi connectivity index (χ4n) is 4.20. The van der Waals surface area contributed by atoms with E-state index in [1.165, 1.54) is 18.2 Å². The Morgan fingerprint density at radius 3 is 2.54 bits per heavy atom. The second kappa shape index (κ2) is 10.2. The number of rotatable bonds is 7. The van der Waals surface area contributed by atoms with Crippen LogP contribution in [0.5, 0.6) is 0 Å². The molecule has 37 heavy (non-hydrogen) atoms. The zero-order chi connectivity index (χ0) is 27.3. The number of nitrogens with one attached hydrogen (secondary N) is 2. The average molecular weight is 595 g/mol. The highest BCUT2D eigenvalue weighted by Crippen LogP contribution is 2.65. The fourth-order valence-corrected chi connectivity index (χ4v) is 5.53. The van der Waals surface area contributed by atoms with Crippen molar-refractivity contribution in [3.05, 3.63) is 63.1 Å². The van der Waals surface area contributed by atoms with Crippen molar-refractivity contribution in [1.82, 2.24) is 10.4 Å². The third kappa shape index (κ3) is 6.12. The Kier molecular flexibility index (Phi) is 7.67. The SMILES string of the molecule is Cc1cc(Cl)cc(C2C(C(=O)Nc3ccc(Cl)c(C(=O)N[C@@H]4CON(CC(C)(F)F)C4=O)c3)C2(Cl)Cl)c1. The van der Waals surface area contributed by atoms with E-state index in [9.17, 15) is 23.2 Å². The summed E-state index contributed by atoms with van der Waals surface area (Å²) in [5.41, 5.74) is 1.80. The van der Waals surface area contributed by atoms with Crippen LogP contribution >= 0.6 is 46.4 Å². The second-order valence-corrected chi connectivity index (χ2v) is 11.4. The van der Waals surface area contributed by atoms with Crippen molar-refractivity contribution in [3.8, 4) is 0 Å². The van der Waals surface area contributed by atoms with Crippen LogP contribution in [0.3, 0.4) is 0 Å². The number of hydrogen-bond donors (Lipinski definition) is 2. The number of amides is 3.